The van der Waals surface area contributed by atoms with E-state index in [1.54, 1.807) is 0 Å². The third kappa shape index (κ3) is 6.10. The van der Waals surface area contributed by atoms with E-state index < -0.39 is 0 Å². The van der Waals surface area contributed by atoms with Crippen LogP contribution in [0.1, 0.15) is 50.5 Å². The van der Waals surface area contributed by atoms with Gasteiger partial charge in [-0.25, -0.2) is 9.97 Å². The van der Waals surface area contributed by atoms with Crippen LogP contribution in [0.4, 0.5) is 0 Å². The van der Waals surface area contributed by atoms with Gasteiger partial charge in [0.2, 0.25) is 0 Å². The number of hydrogen-bond donors (Lipinski definition) is 1. The Kier molecular flexibility index (Phi) is 7.83. The molecule has 0 unspecified atom stereocenters. The van der Waals surface area contributed by atoms with E-state index in [-0.39, 0.29) is 0 Å². The molecule has 0 atom stereocenters. The first kappa shape index (κ1) is 18.1. The van der Waals surface area contributed by atoms with Crippen molar-refractivity contribution in [1.29, 1.82) is 0 Å². The Morgan fingerprint density at radius 3 is 2.10 bits per heavy atom. The van der Waals surface area contributed by atoms with E-state index in [1.165, 1.54) is 5.56 Å². The largest absolute Gasteiger partial charge is 0.312 e. The molecule has 21 heavy (non-hydrogen) atoms. The summed E-state index contributed by atoms with van der Waals surface area (Å²) in [6.07, 6.45) is 0.934. The number of aromatic nitrogens is 2. The Morgan fingerprint density at radius 1 is 1.05 bits per heavy atom. The molecular weight excluding hydrogens is 260 g/mol. The molecule has 0 saturated carbocycles. The summed E-state index contributed by atoms with van der Waals surface area (Å²) >= 11 is 0. The van der Waals surface area contributed by atoms with Gasteiger partial charge in [-0.3, -0.25) is 0 Å². The molecule has 0 radical (unpaired) electrons. The zero-order valence-electron chi connectivity index (χ0n) is 14.7. The maximum atomic E-state index is 4.69. The SMILES string of the molecule is CCN(CC)CCc1nc(C)c(CNCC(C)C)c(C)n1. The Labute approximate surface area is 130 Å². The minimum absolute atomic E-state index is 0.667. The van der Waals surface area contributed by atoms with E-state index in [9.17, 15) is 0 Å². The van der Waals surface area contributed by atoms with E-state index in [1.807, 2.05) is 0 Å². The first-order valence-corrected chi connectivity index (χ1v) is 8.23. The average molecular weight is 292 g/mol. The number of nitrogens with one attached hydrogen (secondary N) is 1. The molecule has 4 nitrogen and oxygen atoms in total. The first-order valence-electron chi connectivity index (χ1n) is 8.23. The summed E-state index contributed by atoms with van der Waals surface area (Å²) in [5.74, 6) is 1.64. The van der Waals surface area contributed by atoms with Crippen LogP contribution in [-0.2, 0) is 13.0 Å². The van der Waals surface area contributed by atoms with Crippen LogP contribution in [-0.4, -0.2) is 41.0 Å². The maximum Gasteiger partial charge on any atom is 0.130 e. The van der Waals surface area contributed by atoms with Gasteiger partial charge in [0.15, 0.2) is 0 Å². The molecule has 0 aliphatic carbocycles. The van der Waals surface area contributed by atoms with Gasteiger partial charge in [-0.1, -0.05) is 27.7 Å². The Hall–Kier alpha value is -1.00. The second-order valence-corrected chi connectivity index (χ2v) is 6.09. The standard InChI is InChI=1S/C17H32N4/c1-7-21(8-2)10-9-17-19-14(5)16(15(6)20-17)12-18-11-13(3)4/h13,18H,7-12H2,1-6H3. The molecule has 1 heterocycles. The van der Waals surface area contributed by atoms with Crippen molar-refractivity contribution < 1.29 is 0 Å². The topological polar surface area (TPSA) is 41.1 Å². The predicted octanol–water partition coefficient (Wildman–Crippen LogP) is 2.72. The van der Waals surface area contributed by atoms with E-state index in [0.717, 1.165) is 56.4 Å². The molecule has 0 saturated heterocycles. The molecule has 0 aliphatic heterocycles. The minimum Gasteiger partial charge on any atom is -0.312 e. The van der Waals surface area contributed by atoms with Crippen LogP contribution in [0.5, 0.6) is 0 Å². The van der Waals surface area contributed by atoms with Crippen LogP contribution in [0.3, 0.4) is 0 Å². The van der Waals surface area contributed by atoms with Crippen molar-refractivity contribution in [3.63, 3.8) is 0 Å². The second-order valence-electron chi connectivity index (χ2n) is 6.09. The smallest absolute Gasteiger partial charge is 0.130 e. The zero-order chi connectivity index (χ0) is 15.8. The van der Waals surface area contributed by atoms with E-state index in [4.69, 9.17) is 9.97 Å². The van der Waals surface area contributed by atoms with Crippen molar-refractivity contribution in [2.24, 2.45) is 5.92 Å². The fraction of sp³-hybridized carbons (Fsp3) is 0.765. The van der Waals surface area contributed by atoms with Crippen molar-refractivity contribution in [3.05, 3.63) is 22.8 Å². The Bertz CT molecular complexity index is 402. The molecule has 0 fully saturated rings. The molecule has 0 bridgehead atoms. The van der Waals surface area contributed by atoms with Crippen LogP contribution in [0.15, 0.2) is 0 Å². The summed E-state index contributed by atoms with van der Waals surface area (Å²) in [5, 5.41) is 3.48. The molecule has 4 heteroatoms. The highest BCUT2D eigenvalue weighted by Gasteiger charge is 2.09. The van der Waals surface area contributed by atoms with Crippen LogP contribution in [0.2, 0.25) is 0 Å². The summed E-state index contributed by atoms with van der Waals surface area (Å²) in [4.78, 5) is 11.8. The molecule has 0 aliphatic rings. The molecule has 120 valence electrons. The van der Waals surface area contributed by atoms with Crippen LogP contribution in [0.25, 0.3) is 0 Å². The lowest BCUT2D eigenvalue weighted by atomic mass is 10.1. The number of rotatable bonds is 9. The third-order valence-corrected chi connectivity index (χ3v) is 3.87. The number of likely N-dealkylation sites (N-methyl/N-ethyl adjacent to an activating group) is 1. The normalized spacial score (nSPS) is 11.6. The summed E-state index contributed by atoms with van der Waals surface area (Å²) in [5.41, 5.74) is 3.49. The van der Waals surface area contributed by atoms with Gasteiger partial charge in [-0.15, -0.1) is 0 Å². The Balaban J connectivity index is 2.66. The highest BCUT2D eigenvalue weighted by Crippen LogP contribution is 2.11. The average Bonchev–Trinajstić information content (AvgIpc) is 2.42. The van der Waals surface area contributed by atoms with Gasteiger partial charge in [0, 0.05) is 36.5 Å². The highest BCUT2D eigenvalue weighted by atomic mass is 15.1. The molecular formula is C17H32N4. The third-order valence-electron chi connectivity index (χ3n) is 3.87. The lowest BCUT2D eigenvalue weighted by Crippen LogP contribution is -2.26. The molecule has 1 aromatic rings. The van der Waals surface area contributed by atoms with E-state index >= 15 is 0 Å². The quantitative estimate of drug-likeness (QED) is 0.760. The van der Waals surface area contributed by atoms with Crippen LogP contribution in [0, 0.1) is 19.8 Å². The molecule has 1 aromatic heterocycles. The fourth-order valence-electron chi connectivity index (χ4n) is 2.46. The molecule has 1 rings (SSSR count). The predicted molar refractivity (Wildman–Crippen MR) is 89.5 cm³/mol. The summed E-state index contributed by atoms with van der Waals surface area (Å²) in [6.45, 7) is 18.2. The summed E-state index contributed by atoms with van der Waals surface area (Å²) < 4.78 is 0. The first-order chi connectivity index (χ1) is 9.97. The monoisotopic (exact) mass is 292 g/mol. The number of hydrogen-bond acceptors (Lipinski definition) is 4. The van der Waals surface area contributed by atoms with E-state index in [0.29, 0.717) is 5.92 Å². The second kappa shape index (κ2) is 9.11. The van der Waals surface area contributed by atoms with Gasteiger partial charge >= 0.3 is 0 Å². The van der Waals surface area contributed by atoms with Gasteiger partial charge in [-0.2, -0.15) is 0 Å². The van der Waals surface area contributed by atoms with Gasteiger partial charge in [0.05, 0.1) is 0 Å². The van der Waals surface area contributed by atoms with Crippen molar-refractivity contribution in [2.75, 3.05) is 26.2 Å². The summed E-state index contributed by atoms with van der Waals surface area (Å²) in [6, 6.07) is 0. The van der Waals surface area contributed by atoms with Crippen molar-refractivity contribution in [1.82, 2.24) is 20.2 Å². The van der Waals surface area contributed by atoms with Gasteiger partial charge < -0.3 is 10.2 Å². The Morgan fingerprint density at radius 2 is 1.62 bits per heavy atom. The van der Waals surface area contributed by atoms with Gasteiger partial charge in [0.1, 0.15) is 5.82 Å². The highest BCUT2D eigenvalue weighted by molar-refractivity contribution is 5.24. The molecule has 0 amide bonds. The van der Waals surface area contributed by atoms with Crippen LogP contribution >= 0.6 is 0 Å². The maximum absolute atomic E-state index is 4.69. The van der Waals surface area contributed by atoms with Gasteiger partial charge in [-0.05, 0) is 39.4 Å². The van der Waals surface area contributed by atoms with E-state index in [2.05, 4.69) is 51.8 Å². The van der Waals surface area contributed by atoms with Crippen molar-refractivity contribution >= 4 is 0 Å². The molecule has 1 N–H and O–H groups in total. The lowest BCUT2D eigenvalue weighted by molar-refractivity contribution is 0.305. The summed E-state index contributed by atoms with van der Waals surface area (Å²) in [7, 11) is 0. The lowest BCUT2D eigenvalue weighted by Gasteiger charge is -2.18. The molecule has 0 spiro atoms. The number of nitrogens with zero attached hydrogens (tertiary/aromatic N) is 3. The van der Waals surface area contributed by atoms with Crippen molar-refractivity contribution in [3.8, 4) is 0 Å². The fourth-order valence-corrected chi connectivity index (χ4v) is 2.46. The zero-order valence-corrected chi connectivity index (χ0v) is 14.7. The molecule has 0 aromatic carbocycles. The minimum atomic E-state index is 0.667. The number of aryl methyl sites for hydroxylation is 2. The van der Waals surface area contributed by atoms with Crippen LogP contribution < -0.4 is 5.32 Å². The van der Waals surface area contributed by atoms with Crippen molar-refractivity contribution in [2.45, 2.75) is 54.5 Å². The van der Waals surface area contributed by atoms with Gasteiger partial charge in [0.25, 0.3) is 0 Å².